The SMILES string of the molecule is [Br-].[Br-].[Br-].[Br-].[Br-].[Br-].[Br-].[Br-].[CH2-]c1ccccn1.[CH2-]c1ccccn1.[CH2-]c1ccccn1.[CH2-]c1ccccn1.[Fe+3].[Fe+3].[Fe+3].[Fe+3]. The molecule has 0 aliphatic heterocycles. The van der Waals surface area contributed by atoms with Crippen LogP contribution in [-0.2, 0) is 68.3 Å². The Balaban J connectivity index is -0.0000000238. The molecule has 4 heterocycles. The molecule has 0 saturated heterocycles. The number of aromatic nitrogens is 4. The molecule has 0 bridgehead atoms. The Morgan fingerprint density at radius 1 is 0.300 bits per heavy atom. The Hall–Kier alpha value is 2.00. The smallest absolute Gasteiger partial charge is 1.00 e. The van der Waals surface area contributed by atoms with Crippen LogP contribution in [0.25, 0.3) is 0 Å². The third kappa shape index (κ3) is 52.6. The summed E-state index contributed by atoms with van der Waals surface area (Å²) in [6, 6.07) is 22.6. The third-order valence-electron chi connectivity index (χ3n) is 2.90. The van der Waals surface area contributed by atoms with Crippen molar-refractivity contribution in [2.24, 2.45) is 0 Å². The van der Waals surface area contributed by atoms with Gasteiger partial charge in [-0.3, -0.25) is 19.9 Å². The van der Waals surface area contributed by atoms with E-state index in [4.69, 9.17) is 0 Å². The Labute approximate surface area is 366 Å². The molecule has 228 valence electrons. The van der Waals surface area contributed by atoms with E-state index in [9.17, 15) is 0 Å². The van der Waals surface area contributed by atoms with E-state index in [-0.39, 0.29) is 204 Å². The summed E-state index contributed by atoms with van der Waals surface area (Å²) in [5.74, 6) is 0. The summed E-state index contributed by atoms with van der Waals surface area (Å²) in [6.07, 6.45) is 6.90. The Bertz CT molecular complexity index is 733. The minimum absolute atomic E-state index is 0. The molecule has 4 rings (SSSR count). The Morgan fingerprint density at radius 2 is 0.450 bits per heavy atom. The molecular formula is C24H24Br8Fe4N4. The molecule has 0 fully saturated rings. The molecule has 0 saturated carbocycles. The van der Waals surface area contributed by atoms with Gasteiger partial charge in [-0.05, 0) is 0 Å². The van der Waals surface area contributed by atoms with Crippen molar-refractivity contribution in [3.63, 3.8) is 0 Å². The Kier molecular flexibility index (Phi) is 111. The number of hydrogen-bond donors (Lipinski definition) is 0. The Morgan fingerprint density at radius 3 is 0.500 bits per heavy atom. The van der Waals surface area contributed by atoms with E-state index in [0.717, 1.165) is 22.8 Å². The van der Waals surface area contributed by atoms with Crippen LogP contribution < -0.4 is 136 Å². The molecule has 40 heavy (non-hydrogen) atoms. The number of pyridine rings is 4. The monoisotopic (exact) mass is 1220 g/mol. The summed E-state index contributed by atoms with van der Waals surface area (Å²) in [4.78, 5) is 15.5. The maximum Gasteiger partial charge on any atom is 3.00 e. The quantitative estimate of drug-likeness (QED) is 0.130. The second-order valence-electron chi connectivity index (χ2n) is 5.28. The van der Waals surface area contributed by atoms with Crippen molar-refractivity contribution in [1.29, 1.82) is 0 Å². The summed E-state index contributed by atoms with van der Waals surface area (Å²) < 4.78 is 0. The molecule has 0 spiro atoms. The van der Waals surface area contributed by atoms with Crippen LogP contribution >= 0.6 is 0 Å². The van der Waals surface area contributed by atoms with E-state index < -0.39 is 0 Å². The van der Waals surface area contributed by atoms with Crippen LogP contribution in [0.2, 0.25) is 0 Å². The van der Waals surface area contributed by atoms with Crippen LogP contribution in [0.1, 0.15) is 22.8 Å². The van der Waals surface area contributed by atoms with Gasteiger partial charge in [0.1, 0.15) is 0 Å². The summed E-state index contributed by atoms with van der Waals surface area (Å²) >= 11 is 0. The number of hydrogen-bond acceptors (Lipinski definition) is 4. The fourth-order valence-electron chi connectivity index (χ4n) is 1.59. The van der Waals surface area contributed by atoms with Gasteiger partial charge in [0.05, 0.1) is 0 Å². The van der Waals surface area contributed by atoms with Crippen molar-refractivity contribution >= 4 is 0 Å². The van der Waals surface area contributed by atoms with Crippen LogP contribution in [0.3, 0.4) is 0 Å². The van der Waals surface area contributed by atoms with E-state index in [1.165, 1.54) is 0 Å². The largest absolute Gasteiger partial charge is 3.00 e. The predicted molar refractivity (Wildman–Crippen MR) is 115 cm³/mol. The van der Waals surface area contributed by atoms with Crippen LogP contribution in [0.5, 0.6) is 0 Å². The average Bonchev–Trinajstić information content (AvgIpc) is 2.72. The first-order valence-electron chi connectivity index (χ1n) is 8.50. The van der Waals surface area contributed by atoms with Gasteiger partial charge < -0.3 is 136 Å². The van der Waals surface area contributed by atoms with E-state index in [1.54, 1.807) is 24.8 Å². The number of halogens is 8. The van der Waals surface area contributed by atoms with Crippen LogP contribution in [0, 0.1) is 27.7 Å². The normalized spacial score (nSPS) is 6.00. The van der Waals surface area contributed by atoms with E-state index in [2.05, 4.69) is 47.6 Å². The standard InChI is InChI=1S/4C6H6N.8BrH.4Fe/c4*1-6-4-2-3-5-7-6;;;;;;;;;;;;/h4*2-5H,1H2;8*1H;;;;/q4*-1;;;;;;;;;4*+3/p-8. The van der Waals surface area contributed by atoms with Crippen molar-refractivity contribution in [3.05, 3.63) is 148 Å². The molecule has 0 aliphatic carbocycles. The van der Waals surface area contributed by atoms with Crippen molar-refractivity contribution < 1.29 is 204 Å². The van der Waals surface area contributed by atoms with Gasteiger partial charge in [0.15, 0.2) is 0 Å². The van der Waals surface area contributed by atoms with Crippen molar-refractivity contribution in [1.82, 2.24) is 19.9 Å². The van der Waals surface area contributed by atoms with E-state index >= 15 is 0 Å². The van der Waals surface area contributed by atoms with Crippen LogP contribution in [0.4, 0.5) is 0 Å². The van der Waals surface area contributed by atoms with Gasteiger partial charge in [-0.2, -0.15) is 24.3 Å². The molecule has 4 aromatic rings. The summed E-state index contributed by atoms with van der Waals surface area (Å²) in [6.45, 7) is 14.4. The van der Waals surface area contributed by atoms with Gasteiger partial charge in [0.2, 0.25) is 0 Å². The first kappa shape index (κ1) is 78.4. The van der Waals surface area contributed by atoms with Crippen molar-refractivity contribution in [2.45, 2.75) is 0 Å². The molecule has 0 aromatic carbocycles. The fourth-order valence-corrected chi connectivity index (χ4v) is 1.59. The molecule has 4 radical (unpaired) electrons. The average molecular weight is 1230 g/mol. The summed E-state index contributed by atoms with van der Waals surface area (Å²) in [5, 5.41) is 0. The third-order valence-corrected chi connectivity index (χ3v) is 2.90. The first-order chi connectivity index (χ1) is 13.6. The van der Waals surface area contributed by atoms with Gasteiger partial charge in [0.25, 0.3) is 0 Å². The van der Waals surface area contributed by atoms with Gasteiger partial charge in [-0.25, -0.2) is 27.7 Å². The maximum atomic E-state index is 3.87. The first-order valence-corrected chi connectivity index (χ1v) is 8.50. The molecule has 0 unspecified atom stereocenters. The zero-order valence-electron chi connectivity index (χ0n) is 20.3. The second-order valence-corrected chi connectivity index (χ2v) is 5.28. The van der Waals surface area contributed by atoms with Gasteiger partial charge in [0, 0.05) is 24.8 Å². The van der Waals surface area contributed by atoms with Crippen molar-refractivity contribution in [2.75, 3.05) is 0 Å². The minimum Gasteiger partial charge on any atom is -1.00 e. The van der Waals surface area contributed by atoms with E-state index in [1.807, 2.05) is 72.8 Å². The zero-order chi connectivity index (χ0) is 20.5. The van der Waals surface area contributed by atoms with Gasteiger partial charge in [-0.1, -0.05) is 24.3 Å². The van der Waals surface area contributed by atoms with Crippen molar-refractivity contribution in [3.8, 4) is 0 Å². The van der Waals surface area contributed by atoms with Crippen LogP contribution in [-0.4, -0.2) is 19.9 Å². The predicted octanol–water partition coefficient (Wildman–Crippen LogP) is -18.9. The second kappa shape index (κ2) is 56.7. The molecular weight excluding hydrogens is 1210 g/mol. The zero-order valence-corrected chi connectivity index (χ0v) is 37.4. The molecule has 0 amide bonds. The molecule has 0 atom stereocenters. The molecule has 0 aliphatic rings. The molecule has 0 N–H and O–H groups in total. The molecule has 4 nitrogen and oxygen atoms in total. The molecule has 4 aromatic heterocycles. The van der Waals surface area contributed by atoms with Gasteiger partial charge >= 0.3 is 68.3 Å². The van der Waals surface area contributed by atoms with Gasteiger partial charge in [-0.15, -0.1) is 47.0 Å². The summed E-state index contributed by atoms with van der Waals surface area (Å²) in [5.41, 5.74) is 3.29. The van der Waals surface area contributed by atoms with Crippen LogP contribution in [0.15, 0.2) is 97.6 Å². The maximum absolute atomic E-state index is 3.87. The summed E-state index contributed by atoms with van der Waals surface area (Å²) in [7, 11) is 0. The number of nitrogens with zero attached hydrogens (tertiary/aromatic N) is 4. The topological polar surface area (TPSA) is 51.6 Å². The van der Waals surface area contributed by atoms with E-state index in [0.29, 0.717) is 0 Å². The number of rotatable bonds is 0. The molecule has 16 heteroatoms. The fraction of sp³-hybridized carbons (Fsp3) is 0. The minimum atomic E-state index is 0.